The fraction of sp³-hybridized carbons (Fsp3) is 0.545. The normalized spacial score (nSPS) is 17.3. The van der Waals surface area contributed by atoms with Crippen LogP contribution in [-0.2, 0) is 0 Å². The number of piperidine rings is 1. The lowest BCUT2D eigenvalue weighted by molar-refractivity contribution is 0.436. The Bertz CT molecular complexity index is 291. The quantitative estimate of drug-likeness (QED) is 0.801. The molecule has 1 aliphatic heterocycles. The SMILES string of the molecule is CC1CCN(c2ccc(N)cn2)CC1.Cl. The average Bonchev–Trinajstić information content (AvgIpc) is 2.21. The summed E-state index contributed by atoms with van der Waals surface area (Å²) in [6, 6.07) is 3.92. The van der Waals surface area contributed by atoms with Gasteiger partial charge in [-0.05, 0) is 30.9 Å². The van der Waals surface area contributed by atoms with Crippen LogP contribution in [0.3, 0.4) is 0 Å². The van der Waals surface area contributed by atoms with E-state index in [0.29, 0.717) is 0 Å². The molecular formula is C11H18ClN3. The highest BCUT2D eigenvalue weighted by molar-refractivity contribution is 5.85. The summed E-state index contributed by atoms with van der Waals surface area (Å²) in [6.07, 6.45) is 4.27. The first kappa shape index (κ1) is 12.1. The van der Waals surface area contributed by atoms with Gasteiger partial charge < -0.3 is 10.6 Å². The van der Waals surface area contributed by atoms with Crippen LogP contribution in [0.1, 0.15) is 19.8 Å². The predicted octanol–water partition coefficient (Wildman–Crippen LogP) is 2.32. The van der Waals surface area contributed by atoms with Gasteiger partial charge in [-0.3, -0.25) is 0 Å². The van der Waals surface area contributed by atoms with E-state index in [4.69, 9.17) is 5.73 Å². The van der Waals surface area contributed by atoms with Crippen LogP contribution in [-0.4, -0.2) is 18.1 Å². The van der Waals surface area contributed by atoms with Crippen LogP contribution in [0.15, 0.2) is 18.3 Å². The highest BCUT2D eigenvalue weighted by atomic mass is 35.5. The van der Waals surface area contributed by atoms with Crippen molar-refractivity contribution in [1.82, 2.24) is 4.98 Å². The number of hydrogen-bond donors (Lipinski definition) is 1. The lowest BCUT2D eigenvalue weighted by Gasteiger charge is -2.31. The molecule has 1 aromatic heterocycles. The predicted molar refractivity (Wildman–Crippen MR) is 66.5 cm³/mol. The van der Waals surface area contributed by atoms with Gasteiger partial charge in [0.1, 0.15) is 5.82 Å². The van der Waals surface area contributed by atoms with Crippen molar-refractivity contribution in [2.45, 2.75) is 19.8 Å². The average molecular weight is 228 g/mol. The van der Waals surface area contributed by atoms with E-state index in [1.54, 1.807) is 6.20 Å². The van der Waals surface area contributed by atoms with Crippen LogP contribution in [0.4, 0.5) is 11.5 Å². The van der Waals surface area contributed by atoms with Gasteiger partial charge in [0.05, 0.1) is 11.9 Å². The molecule has 1 saturated heterocycles. The molecule has 0 saturated carbocycles. The molecule has 0 aliphatic carbocycles. The zero-order valence-electron chi connectivity index (χ0n) is 9.02. The second-order valence-corrected chi connectivity index (χ2v) is 4.12. The van der Waals surface area contributed by atoms with Crippen LogP contribution in [0.2, 0.25) is 0 Å². The van der Waals surface area contributed by atoms with Crippen LogP contribution in [0.25, 0.3) is 0 Å². The molecule has 2 rings (SSSR count). The highest BCUT2D eigenvalue weighted by Crippen LogP contribution is 2.21. The molecular weight excluding hydrogens is 210 g/mol. The van der Waals surface area contributed by atoms with E-state index < -0.39 is 0 Å². The molecule has 1 aromatic rings. The lowest BCUT2D eigenvalue weighted by Crippen LogP contribution is -2.33. The third-order valence-electron chi connectivity index (χ3n) is 2.88. The summed E-state index contributed by atoms with van der Waals surface area (Å²) in [5.41, 5.74) is 6.33. The summed E-state index contributed by atoms with van der Waals surface area (Å²) in [5.74, 6) is 1.92. The number of rotatable bonds is 1. The van der Waals surface area contributed by atoms with Crippen LogP contribution in [0, 0.1) is 5.92 Å². The van der Waals surface area contributed by atoms with E-state index in [2.05, 4.69) is 16.8 Å². The molecule has 2 N–H and O–H groups in total. The Labute approximate surface area is 97.1 Å². The van der Waals surface area contributed by atoms with Gasteiger partial charge in [-0.2, -0.15) is 0 Å². The first-order valence-corrected chi connectivity index (χ1v) is 5.22. The molecule has 0 amide bonds. The van der Waals surface area contributed by atoms with Gasteiger partial charge >= 0.3 is 0 Å². The number of pyridine rings is 1. The number of anilines is 2. The first-order chi connectivity index (χ1) is 6.75. The van der Waals surface area contributed by atoms with Crippen molar-refractivity contribution < 1.29 is 0 Å². The zero-order chi connectivity index (χ0) is 9.97. The smallest absolute Gasteiger partial charge is 0.128 e. The molecule has 4 heteroatoms. The number of nitrogens with two attached hydrogens (primary N) is 1. The van der Waals surface area contributed by atoms with E-state index in [1.165, 1.54) is 12.8 Å². The fourth-order valence-electron chi connectivity index (χ4n) is 1.82. The number of nitrogens with zero attached hydrogens (tertiary/aromatic N) is 2. The molecule has 1 fully saturated rings. The summed E-state index contributed by atoms with van der Waals surface area (Å²) < 4.78 is 0. The summed E-state index contributed by atoms with van der Waals surface area (Å²) >= 11 is 0. The maximum absolute atomic E-state index is 5.60. The van der Waals surface area contributed by atoms with Crippen molar-refractivity contribution in [1.29, 1.82) is 0 Å². The van der Waals surface area contributed by atoms with Gasteiger partial charge in [0.15, 0.2) is 0 Å². The summed E-state index contributed by atoms with van der Waals surface area (Å²) in [6.45, 7) is 4.56. The third kappa shape index (κ3) is 2.99. The van der Waals surface area contributed by atoms with E-state index in [0.717, 1.165) is 30.5 Å². The molecule has 3 nitrogen and oxygen atoms in total. The van der Waals surface area contributed by atoms with Crippen molar-refractivity contribution in [3.63, 3.8) is 0 Å². The molecule has 84 valence electrons. The largest absolute Gasteiger partial charge is 0.397 e. The van der Waals surface area contributed by atoms with Gasteiger partial charge in [0, 0.05) is 13.1 Å². The Morgan fingerprint density at radius 3 is 2.53 bits per heavy atom. The van der Waals surface area contributed by atoms with Crippen LogP contribution in [0.5, 0.6) is 0 Å². The summed E-state index contributed by atoms with van der Waals surface area (Å²) in [4.78, 5) is 6.66. The van der Waals surface area contributed by atoms with Gasteiger partial charge in [-0.25, -0.2) is 4.98 Å². The molecule has 0 bridgehead atoms. The van der Waals surface area contributed by atoms with Crippen LogP contribution < -0.4 is 10.6 Å². The summed E-state index contributed by atoms with van der Waals surface area (Å²) in [5, 5.41) is 0. The van der Waals surface area contributed by atoms with Gasteiger partial charge in [-0.1, -0.05) is 6.92 Å². The Morgan fingerprint density at radius 1 is 1.33 bits per heavy atom. The Kier molecular flexibility index (Phi) is 4.21. The molecule has 0 atom stereocenters. The number of halogens is 1. The number of hydrogen-bond acceptors (Lipinski definition) is 3. The third-order valence-corrected chi connectivity index (χ3v) is 2.88. The van der Waals surface area contributed by atoms with Crippen molar-refractivity contribution in [2.24, 2.45) is 5.92 Å². The van der Waals surface area contributed by atoms with Gasteiger partial charge in [0.25, 0.3) is 0 Å². The van der Waals surface area contributed by atoms with Gasteiger partial charge in [-0.15, -0.1) is 12.4 Å². The molecule has 1 aliphatic rings. The van der Waals surface area contributed by atoms with E-state index in [9.17, 15) is 0 Å². The molecule has 2 heterocycles. The standard InChI is InChI=1S/C11H17N3.ClH/c1-9-4-6-14(7-5-9)11-3-2-10(12)8-13-11;/h2-3,8-9H,4-7,12H2,1H3;1H. The zero-order valence-corrected chi connectivity index (χ0v) is 9.83. The minimum atomic E-state index is 0. The molecule has 15 heavy (non-hydrogen) atoms. The Hall–Kier alpha value is -0.960. The molecule has 0 radical (unpaired) electrons. The van der Waals surface area contributed by atoms with Crippen molar-refractivity contribution in [2.75, 3.05) is 23.7 Å². The van der Waals surface area contributed by atoms with Crippen molar-refractivity contribution >= 4 is 23.9 Å². The highest BCUT2D eigenvalue weighted by Gasteiger charge is 2.16. The lowest BCUT2D eigenvalue weighted by atomic mass is 9.99. The molecule has 0 spiro atoms. The monoisotopic (exact) mass is 227 g/mol. The second-order valence-electron chi connectivity index (χ2n) is 4.12. The topological polar surface area (TPSA) is 42.1 Å². The fourth-order valence-corrected chi connectivity index (χ4v) is 1.82. The number of nitrogen functional groups attached to an aromatic ring is 1. The minimum Gasteiger partial charge on any atom is -0.397 e. The summed E-state index contributed by atoms with van der Waals surface area (Å²) in [7, 11) is 0. The van der Waals surface area contributed by atoms with Crippen molar-refractivity contribution in [3.8, 4) is 0 Å². The molecule has 0 aromatic carbocycles. The number of aromatic nitrogens is 1. The van der Waals surface area contributed by atoms with E-state index >= 15 is 0 Å². The van der Waals surface area contributed by atoms with E-state index in [1.807, 2.05) is 12.1 Å². The Morgan fingerprint density at radius 2 is 2.00 bits per heavy atom. The maximum atomic E-state index is 5.60. The van der Waals surface area contributed by atoms with Gasteiger partial charge in [0.2, 0.25) is 0 Å². The van der Waals surface area contributed by atoms with Crippen molar-refractivity contribution in [3.05, 3.63) is 18.3 Å². The molecule has 0 unspecified atom stereocenters. The second kappa shape index (κ2) is 5.21. The maximum Gasteiger partial charge on any atom is 0.128 e. The minimum absolute atomic E-state index is 0. The Balaban J connectivity index is 0.00000112. The first-order valence-electron chi connectivity index (χ1n) is 5.22. The van der Waals surface area contributed by atoms with Crippen LogP contribution >= 0.6 is 12.4 Å². The van der Waals surface area contributed by atoms with E-state index in [-0.39, 0.29) is 12.4 Å².